The van der Waals surface area contributed by atoms with Gasteiger partial charge in [0.15, 0.2) is 11.5 Å². The normalized spacial score (nSPS) is 9.83. The summed E-state index contributed by atoms with van der Waals surface area (Å²) >= 11 is 6.31. The molecule has 0 atom stereocenters. The number of benzene rings is 2. The van der Waals surface area contributed by atoms with Crippen molar-refractivity contribution in [1.82, 2.24) is 0 Å². The summed E-state index contributed by atoms with van der Waals surface area (Å²) in [6, 6.07) is 9.46. The Labute approximate surface area is 275 Å². The highest BCUT2D eigenvalue weighted by atomic mass is 35.5. The number of hydrogen-bond donors (Lipinski definition) is 2. The number of hydrogen-bond acceptors (Lipinski definition) is 7. The summed E-state index contributed by atoms with van der Waals surface area (Å²) in [6.45, 7) is 9.96. The number of aliphatic imine (C=N–C) groups is 1. The van der Waals surface area contributed by atoms with Gasteiger partial charge in [-0.05, 0) is 85.4 Å². The lowest BCUT2D eigenvalue weighted by Gasteiger charge is -2.23. The van der Waals surface area contributed by atoms with E-state index in [0.717, 1.165) is 11.3 Å². The van der Waals surface area contributed by atoms with Gasteiger partial charge in [0, 0.05) is 53.8 Å². The molecule has 0 unspecified atom stereocenters. The van der Waals surface area contributed by atoms with E-state index >= 15 is 0 Å². The van der Waals surface area contributed by atoms with Crippen molar-refractivity contribution in [1.29, 1.82) is 0 Å². The molecule has 0 aliphatic heterocycles. The van der Waals surface area contributed by atoms with Gasteiger partial charge in [-0.3, -0.25) is 9.59 Å². The first kappa shape index (κ1) is 36.3. The van der Waals surface area contributed by atoms with Gasteiger partial charge in [-0.1, -0.05) is 32.4 Å². The second kappa shape index (κ2) is 18.1. The van der Waals surface area contributed by atoms with Crippen LogP contribution in [-0.4, -0.2) is 48.2 Å². The Bertz CT molecular complexity index is 1910. The largest absolute Gasteiger partial charge is 0.395 e. The molecule has 2 aromatic carbocycles. The second-order valence-corrected chi connectivity index (χ2v) is 10.6. The number of aliphatic hydroxyl groups excluding tert-OH is 1. The Kier molecular flexibility index (Phi) is 14.3. The third kappa shape index (κ3) is 11.3. The molecule has 1 amide bonds. The van der Waals surface area contributed by atoms with Crippen molar-refractivity contribution >= 4 is 52.0 Å². The molecule has 8 nitrogen and oxygen atoms in total. The van der Waals surface area contributed by atoms with Crippen molar-refractivity contribution in [3.63, 3.8) is 0 Å². The zero-order chi connectivity index (χ0) is 34.1. The number of nitrogens with one attached hydrogen (secondary N) is 1. The van der Waals surface area contributed by atoms with E-state index in [2.05, 4.69) is 75.6 Å². The predicted molar refractivity (Wildman–Crippen MR) is 181 cm³/mol. The van der Waals surface area contributed by atoms with Crippen molar-refractivity contribution in [2.75, 3.05) is 29.9 Å². The molecule has 0 fully saturated rings. The van der Waals surface area contributed by atoms with Gasteiger partial charge < -0.3 is 20.1 Å². The van der Waals surface area contributed by atoms with E-state index in [1.54, 1.807) is 26.8 Å². The third-order valence-electron chi connectivity index (χ3n) is 5.86. The molecule has 0 spiro atoms. The van der Waals surface area contributed by atoms with Crippen LogP contribution in [0.25, 0.3) is 0 Å². The van der Waals surface area contributed by atoms with E-state index in [9.17, 15) is 19.5 Å². The van der Waals surface area contributed by atoms with Crippen molar-refractivity contribution in [2.24, 2.45) is 10.4 Å². The molecule has 2 aromatic rings. The number of esters is 1. The number of likely N-dealkylation sites (N-methyl/N-ethyl adjacent to an activating group) is 1. The molecular weight excluding hydrogens is 602 g/mol. The average molecular weight is 632 g/mol. The van der Waals surface area contributed by atoms with Crippen LogP contribution < -0.4 is 10.2 Å². The summed E-state index contributed by atoms with van der Waals surface area (Å²) in [7, 11) is 0. The number of ketones is 1. The van der Waals surface area contributed by atoms with Crippen LogP contribution in [0, 0.1) is 84.1 Å². The Morgan fingerprint density at radius 1 is 0.978 bits per heavy atom. The number of carbonyl (C=O) groups is 3. The van der Waals surface area contributed by atoms with E-state index in [1.807, 2.05) is 30.9 Å². The van der Waals surface area contributed by atoms with Crippen LogP contribution in [0.2, 0.25) is 5.02 Å². The molecule has 9 heteroatoms. The first-order valence-electron chi connectivity index (χ1n) is 13.8. The minimum Gasteiger partial charge on any atom is -0.395 e. The van der Waals surface area contributed by atoms with E-state index in [4.69, 9.17) is 22.8 Å². The SMILES string of the molecule is C#CC#CC#CC#CC#CC#COC(=O)c1ccc(Cl)c(NC(=O)C(=Nc2ccc(N(CC)CCO)cc2C)C(=O)C(C)(C)C)c1. The highest BCUT2D eigenvalue weighted by Crippen LogP contribution is 2.28. The molecule has 0 saturated heterocycles. The average Bonchev–Trinajstić information content (AvgIpc) is 3.02. The summed E-state index contributed by atoms with van der Waals surface area (Å²) < 4.78 is 4.91. The van der Waals surface area contributed by atoms with Crippen molar-refractivity contribution < 1.29 is 24.2 Å². The number of aryl methyl sites for hydroxylation is 1. The molecule has 0 saturated carbocycles. The van der Waals surface area contributed by atoms with Gasteiger partial charge in [0.1, 0.15) is 6.11 Å². The third-order valence-corrected chi connectivity index (χ3v) is 6.19. The minimum atomic E-state index is -0.934. The van der Waals surface area contributed by atoms with Crippen LogP contribution in [0.3, 0.4) is 0 Å². The van der Waals surface area contributed by atoms with E-state index in [1.165, 1.54) is 18.2 Å². The molecule has 2 rings (SSSR count). The number of aliphatic hydroxyl groups is 1. The van der Waals surface area contributed by atoms with Crippen molar-refractivity contribution in [2.45, 2.75) is 34.6 Å². The van der Waals surface area contributed by atoms with Gasteiger partial charge in [0.2, 0.25) is 0 Å². The van der Waals surface area contributed by atoms with Gasteiger partial charge >= 0.3 is 5.97 Å². The number of halogens is 1. The van der Waals surface area contributed by atoms with Crippen molar-refractivity contribution in [3.8, 4) is 71.7 Å². The molecule has 0 aliphatic rings. The number of rotatable bonds is 9. The predicted octanol–water partition coefficient (Wildman–Crippen LogP) is 4.56. The fourth-order valence-electron chi connectivity index (χ4n) is 3.57. The number of Topliss-reactive ketones (excluding diaryl/α,β-unsaturated/α-hetero) is 1. The van der Waals surface area contributed by atoms with Gasteiger partial charge in [0.25, 0.3) is 5.91 Å². The van der Waals surface area contributed by atoms with Crippen LogP contribution in [0.5, 0.6) is 0 Å². The molecule has 0 aliphatic carbocycles. The van der Waals surface area contributed by atoms with Gasteiger partial charge in [-0.15, -0.1) is 6.42 Å². The molecule has 0 bridgehead atoms. The van der Waals surface area contributed by atoms with Crippen LogP contribution in [0.1, 0.15) is 43.6 Å². The second-order valence-electron chi connectivity index (χ2n) is 10.2. The van der Waals surface area contributed by atoms with Crippen LogP contribution >= 0.6 is 11.6 Å². The molecule has 2 N–H and O–H groups in total. The van der Waals surface area contributed by atoms with Gasteiger partial charge in [-0.2, -0.15) is 0 Å². The highest BCUT2D eigenvalue weighted by Gasteiger charge is 2.31. The number of nitrogens with zero attached hydrogens (tertiary/aromatic N) is 2. The lowest BCUT2D eigenvalue weighted by molar-refractivity contribution is -0.121. The zero-order valence-electron chi connectivity index (χ0n) is 26.0. The lowest BCUT2D eigenvalue weighted by Crippen LogP contribution is -2.37. The maximum Gasteiger partial charge on any atom is 0.352 e. The number of amides is 1. The smallest absolute Gasteiger partial charge is 0.352 e. The van der Waals surface area contributed by atoms with Gasteiger partial charge in [-0.25, -0.2) is 9.79 Å². The van der Waals surface area contributed by atoms with E-state index in [-0.39, 0.29) is 28.6 Å². The molecule has 0 radical (unpaired) electrons. The Balaban J connectivity index is 2.31. The molecule has 0 aromatic heterocycles. The maximum atomic E-state index is 13.5. The summed E-state index contributed by atoms with van der Waals surface area (Å²) in [5.74, 6) is 21.5. The minimum absolute atomic E-state index is 0.000951. The molecular formula is C37H30ClN3O5. The number of terminal acetylenes is 1. The van der Waals surface area contributed by atoms with Gasteiger partial charge in [0.05, 0.1) is 28.6 Å². The highest BCUT2D eigenvalue weighted by molar-refractivity contribution is 6.68. The quantitative estimate of drug-likeness (QED) is 0.182. The summed E-state index contributed by atoms with van der Waals surface area (Å²) in [4.78, 5) is 45.9. The first-order chi connectivity index (χ1) is 21.9. The molecule has 0 heterocycles. The molecule has 230 valence electrons. The van der Waals surface area contributed by atoms with Crippen LogP contribution in [0.4, 0.5) is 17.1 Å². The van der Waals surface area contributed by atoms with Crippen LogP contribution in [0.15, 0.2) is 41.4 Å². The topological polar surface area (TPSA) is 108 Å². The fourth-order valence-corrected chi connectivity index (χ4v) is 3.74. The standard InChI is InChI=1S/C37H30ClN3O5/c1-7-9-10-11-12-13-14-15-16-17-24-46-36(45)28-18-20-30(38)32(26-28)40-35(44)33(34(43)37(4,5)6)39-31-21-19-29(25-27(31)3)41(8-2)22-23-42/h1,18-21,25-26,42H,8,22-23H2,2-6H3,(H,40,44). The number of ether oxygens (including phenoxy) is 1. The van der Waals surface area contributed by atoms with E-state index in [0.29, 0.717) is 18.8 Å². The Morgan fingerprint density at radius 2 is 1.61 bits per heavy atom. The number of carbonyl (C=O) groups excluding carboxylic acids is 3. The zero-order valence-corrected chi connectivity index (χ0v) is 26.8. The number of anilines is 2. The van der Waals surface area contributed by atoms with Crippen molar-refractivity contribution in [3.05, 3.63) is 52.5 Å². The Hall–Kier alpha value is -5.87. The first-order valence-corrected chi connectivity index (χ1v) is 14.2. The fraction of sp³-hybridized carbons (Fsp3) is 0.243. The summed E-state index contributed by atoms with van der Waals surface area (Å²) in [5, 5.41) is 12.1. The lowest BCUT2D eigenvalue weighted by atomic mass is 9.87. The van der Waals surface area contributed by atoms with Crippen LogP contribution in [-0.2, 0) is 14.3 Å². The Morgan fingerprint density at radius 3 is 2.17 bits per heavy atom. The molecule has 46 heavy (non-hydrogen) atoms. The maximum absolute atomic E-state index is 13.5. The monoisotopic (exact) mass is 631 g/mol. The van der Waals surface area contributed by atoms with E-state index < -0.39 is 23.1 Å². The summed E-state index contributed by atoms with van der Waals surface area (Å²) in [5.41, 5.74) is 0.828. The summed E-state index contributed by atoms with van der Waals surface area (Å²) in [6.07, 6.45) is 7.13.